The Balaban J connectivity index is 2.70. The first-order valence-corrected chi connectivity index (χ1v) is 4.19. The summed E-state index contributed by atoms with van der Waals surface area (Å²) in [5.74, 6) is -0.723. The van der Waals surface area contributed by atoms with Crippen molar-refractivity contribution in [2.75, 3.05) is 0 Å². The highest BCUT2D eigenvalue weighted by Gasteiger charge is 2.11. The summed E-state index contributed by atoms with van der Waals surface area (Å²) in [6.45, 7) is 1.39. The lowest BCUT2D eigenvalue weighted by atomic mass is 10.3. The van der Waals surface area contributed by atoms with Gasteiger partial charge in [-0.15, -0.1) is 5.10 Å². The summed E-state index contributed by atoms with van der Waals surface area (Å²) in [5, 5.41) is 21.5. The average molecular weight is 208 g/mol. The first-order chi connectivity index (χ1) is 7.11. The van der Waals surface area contributed by atoms with Gasteiger partial charge in [-0.05, 0) is 13.0 Å². The lowest BCUT2D eigenvalue weighted by molar-refractivity contribution is 0.0690. The van der Waals surface area contributed by atoms with Gasteiger partial charge < -0.3 is 10.2 Å². The molecule has 7 heteroatoms. The fourth-order valence-corrected chi connectivity index (χ4v) is 1.23. The van der Waals surface area contributed by atoms with Gasteiger partial charge >= 0.3 is 5.97 Å². The number of carboxylic acids is 1. The van der Waals surface area contributed by atoms with E-state index in [1.54, 1.807) is 6.92 Å². The molecule has 2 aromatic heterocycles. The van der Waals surface area contributed by atoms with E-state index in [9.17, 15) is 4.79 Å². The molecule has 0 radical (unpaired) electrons. The van der Waals surface area contributed by atoms with E-state index >= 15 is 0 Å². The van der Waals surface area contributed by atoms with Crippen molar-refractivity contribution in [1.82, 2.24) is 19.6 Å². The number of aryl methyl sites for hydroxylation is 1. The highest BCUT2D eigenvalue weighted by atomic mass is 16.4. The van der Waals surface area contributed by atoms with E-state index in [4.69, 9.17) is 10.2 Å². The molecule has 15 heavy (non-hydrogen) atoms. The number of aliphatic hydroxyl groups excluding tert-OH is 1. The van der Waals surface area contributed by atoms with Crippen LogP contribution in [0.15, 0.2) is 6.07 Å². The summed E-state index contributed by atoms with van der Waals surface area (Å²) in [6, 6.07) is 1.39. The third-order valence-electron chi connectivity index (χ3n) is 1.89. The van der Waals surface area contributed by atoms with E-state index < -0.39 is 5.97 Å². The molecule has 0 amide bonds. The molecule has 0 bridgehead atoms. The summed E-state index contributed by atoms with van der Waals surface area (Å²) in [4.78, 5) is 18.3. The van der Waals surface area contributed by atoms with Crippen LogP contribution in [0.4, 0.5) is 0 Å². The summed E-state index contributed by atoms with van der Waals surface area (Å²) in [5.41, 5.74) is 0.515. The second kappa shape index (κ2) is 3.28. The highest BCUT2D eigenvalue weighted by molar-refractivity contribution is 5.85. The molecule has 0 atom stereocenters. The van der Waals surface area contributed by atoms with Gasteiger partial charge in [0.25, 0.3) is 5.78 Å². The third-order valence-corrected chi connectivity index (χ3v) is 1.89. The Bertz CT molecular complexity index is 534. The lowest BCUT2D eigenvalue weighted by Crippen LogP contribution is -2.05. The number of aromatic carboxylic acids is 1. The van der Waals surface area contributed by atoms with E-state index in [0.29, 0.717) is 5.69 Å². The Kier molecular flexibility index (Phi) is 2.09. The molecule has 0 unspecified atom stereocenters. The quantitative estimate of drug-likeness (QED) is 0.697. The van der Waals surface area contributed by atoms with Crippen LogP contribution >= 0.6 is 0 Å². The summed E-state index contributed by atoms with van der Waals surface area (Å²) in [7, 11) is 0. The Labute approximate surface area is 84.0 Å². The number of hydrogen-bond donors (Lipinski definition) is 2. The zero-order valence-corrected chi connectivity index (χ0v) is 7.88. The molecule has 0 aliphatic carbocycles. The van der Waals surface area contributed by atoms with Gasteiger partial charge in [-0.1, -0.05) is 0 Å². The topological polar surface area (TPSA) is 101 Å². The number of fused-ring (bicyclic) bond motifs is 1. The van der Waals surface area contributed by atoms with E-state index in [1.165, 1.54) is 10.6 Å². The molecule has 0 saturated heterocycles. The van der Waals surface area contributed by atoms with Crippen molar-refractivity contribution in [3.05, 3.63) is 23.3 Å². The van der Waals surface area contributed by atoms with Crippen LogP contribution in [-0.2, 0) is 6.61 Å². The molecule has 78 valence electrons. The molecule has 0 aliphatic heterocycles. The van der Waals surface area contributed by atoms with Gasteiger partial charge in [0.15, 0.2) is 11.5 Å². The molecule has 0 aromatic carbocycles. The van der Waals surface area contributed by atoms with Crippen molar-refractivity contribution >= 4 is 11.7 Å². The highest BCUT2D eigenvalue weighted by Crippen LogP contribution is 2.06. The number of aliphatic hydroxyl groups is 1. The standard InChI is InChI=1S/C8H8N4O3/c1-4-2-5(7(14)15)9-8-10-6(3-13)11-12(4)8/h2,13H,3H2,1H3,(H,14,15). The Morgan fingerprint density at radius 2 is 2.27 bits per heavy atom. The maximum Gasteiger partial charge on any atom is 0.354 e. The number of aromatic nitrogens is 4. The van der Waals surface area contributed by atoms with Crippen LogP contribution in [0.1, 0.15) is 22.0 Å². The zero-order chi connectivity index (χ0) is 11.0. The maximum atomic E-state index is 10.7. The number of rotatable bonds is 2. The minimum absolute atomic E-state index is 0.0862. The van der Waals surface area contributed by atoms with Crippen LogP contribution in [-0.4, -0.2) is 35.8 Å². The van der Waals surface area contributed by atoms with Crippen LogP contribution < -0.4 is 0 Å². The molecule has 0 spiro atoms. The van der Waals surface area contributed by atoms with E-state index in [2.05, 4.69) is 15.1 Å². The van der Waals surface area contributed by atoms with Crippen LogP contribution in [0.2, 0.25) is 0 Å². The van der Waals surface area contributed by atoms with Crippen molar-refractivity contribution in [3.63, 3.8) is 0 Å². The van der Waals surface area contributed by atoms with Crippen LogP contribution in [0.25, 0.3) is 5.78 Å². The second-order valence-electron chi connectivity index (χ2n) is 2.99. The molecular weight excluding hydrogens is 200 g/mol. The van der Waals surface area contributed by atoms with Gasteiger partial charge in [0.05, 0.1) is 0 Å². The zero-order valence-electron chi connectivity index (χ0n) is 7.88. The van der Waals surface area contributed by atoms with Crippen LogP contribution in [0.5, 0.6) is 0 Å². The predicted octanol–water partition coefficient (Wildman–Crippen LogP) is -0.377. The van der Waals surface area contributed by atoms with Gasteiger partial charge in [0.2, 0.25) is 0 Å². The summed E-state index contributed by atoms with van der Waals surface area (Å²) in [6.07, 6.45) is 0. The first-order valence-electron chi connectivity index (χ1n) is 4.19. The maximum absolute atomic E-state index is 10.7. The van der Waals surface area contributed by atoms with Crippen molar-refractivity contribution in [3.8, 4) is 0 Å². The molecular formula is C8H8N4O3. The van der Waals surface area contributed by atoms with Crippen molar-refractivity contribution in [2.45, 2.75) is 13.5 Å². The van der Waals surface area contributed by atoms with Gasteiger partial charge in [-0.25, -0.2) is 14.3 Å². The number of nitrogens with zero attached hydrogens (tertiary/aromatic N) is 4. The number of carboxylic acid groups (broad SMARTS) is 1. The first kappa shape index (κ1) is 9.53. The van der Waals surface area contributed by atoms with Crippen molar-refractivity contribution < 1.29 is 15.0 Å². The van der Waals surface area contributed by atoms with Crippen molar-refractivity contribution in [2.24, 2.45) is 0 Å². The van der Waals surface area contributed by atoms with Gasteiger partial charge in [-0.3, -0.25) is 0 Å². The Morgan fingerprint density at radius 1 is 1.53 bits per heavy atom. The van der Waals surface area contributed by atoms with Gasteiger partial charge in [0, 0.05) is 5.69 Å². The number of hydrogen-bond acceptors (Lipinski definition) is 5. The van der Waals surface area contributed by atoms with E-state index in [-0.39, 0.29) is 23.9 Å². The lowest BCUT2D eigenvalue weighted by Gasteiger charge is -1.98. The van der Waals surface area contributed by atoms with Gasteiger partial charge in [0.1, 0.15) is 6.61 Å². The van der Waals surface area contributed by atoms with Crippen LogP contribution in [0, 0.1) is 6.92 Å². The average Bonchev–Trinajstić information content (AvgIpc) is 2.61. The fourth-order valence-electron chi connectivity index (χ4n) is 1.23. The minimum Gasteiger partial charge on any atom is -0.477 e. The molecule has 2 N–H and O–H groups in total. The van der Waals surface area contributed by atoms with Crippen molar-refractivity contribution in [1.29, 1.82) is 0 Å². The number of carbonyl (C=O) groups is 1. The molecule has 0 saturated carbocycles. The van der Waals surface area contributed by atoms with E-state index in [0.717, 1.165) is 0 Å². The SMILES string of the molecule is Cc1cc(C(=O)O)nc2nc(CO)nn12. The molecule has 0 aliphatic rings. The van der Waals surface area contributed by atoms with Gasteiger partial charge in [-0.2, -0.15) is 4.98 Å². The molecule has 0 fully saturated rings. The molecule has 2 heterocycles. The molecule has 2 aromatic rings. The summed E-state index contributed by atoms with van der Waals surface area (Å²) >= 11 is 0. The van der Waals surface area contributed by atoms with Crippen LogP contribution in [0.3, 0.4) is 0 Å². The minimum atomic E-state index is -1.12. The molecule has 7 nitrogen and oxygen atoms in total. The smallest absolute Gasteiger partial charge is 0.354 e. The monoisotopic (exact) mass is 208 g/mol. The normalized spacial score (nSPS) is 10.8. The molecule has 2 rings (SSSR count). The fraction of sp³-hybridized carbons (Fsp3) is 0.250. The summed E-state index contributed by atoms with van der Waals surface area (Å²) < 4.78 is 1.39. The third kappa shape index (κ3) is 1.52. The predicted molar refractivity (Wildman–Crippen MR) is 48.4 cm³/mol. The van der Waals surface area contributed by atoms with E-state index in [1.807, 2.05) is 0 Å². The second-order valence-corrected chi connectivity index (χ2v) is 2.99. The largest absolute Gasteiger partial charge is 0.477 e. The Morgan fingerprint density at radius 3 is 2.87 bits per heavy atom. The Hall–Kier alpha value is -2.02.